The Kier molecular flexibility index (Phi) is 8.54. The van der Waals surface area contributed by atoms with Crippen molar-refractivity contribution in [3.05, 3.63) is 0 Å². The molecule has 1 fully saturated rings. The minimum atomic E-state index is 0.269. The van der Waals surface area contributed by atoms with Gasteiger partial charge in [-0.3, -0.25) is 4.90 Å². The summed E-state index contributed by atoms with van der Waals surface area (Å²) in [5.41, 5.74) is 5.96. The average Bonchev–Trinajstić information content (AvgIpc) is 2.38. The highest BCUT2D eigenvalue weighted by Crippen LogP contribution is 1.95. The number of hydrogen-bond acceptors (Lipinski definition) is 5. The molecule has 0 aliphatic carbocycles. The molecule has 0 radical (unpaired) electrons. The Morgan fingerprint density at radius 2 is 1.78 bits per heavy atom. The Morgan fingerprint density at radius 3 is 2.44 bits per heavy atom. The molecule has 0 spiro atoms. The lowest BCUT2D eigenvalue weighted by atomic mass is 10.1. The van der Waals surface area contributed by atoms with Crippen LogP contribution in [0, 0.1) is 5.92 Å². The number of nitrogens with one attached hydrogen (secondary N) is 3. The molecule has 1 heterocycles. The summed E-state index contributed by atoms with van der Waals surface area (Å²) in [7, 11) is 0. The molecular formula is C13H31N5. The zero-order chi connectivity index (χ0) is 13.2. The summed E-state index contributed by atoms with van der Waals surface area (Å²) in [6.07, 6.45) is 0. The van der Waals surface area contributed by atoms with E-state index >= 15 is 0 Å². The number of rotatable bonds is 9. The van der Waals surface area contributed by atoms with Gasteiger partial charge in [0.25, 0.3) is 0 Å². The predicted octanol–water partition coefficient (Wildman–Crippen LogP) is -0.946. The summed E-state index contributed by atoms with van der Waals surface area (Å²) in [5, 5.41) is 10.2. The van der Waals surface area contributed by atoms with Crippen LogP contribution in [0.25, 0.3) is 0 Å². The van der Waals surface area contributed by atoms with E-state index in [0.29, 0.717) is 5.92 Å². The molecule has 108 valence electrons. The van der Waals surface area contributed by atoms with Crippen LogP contribution in [0.2, 0.25) is 0 Å². The third-order valence-electron chi connectivity index (χ3n) is 3.53. The summed E-state index contributed by atoms with van der Waals surface area (Å²) >= 11 is 0. The van der Waals surface area contributed by atoms with Gasteiger partial charge < -0.3 is 21.7 Å². The Labute approximate surface area is 112 Å². The van der Waals surface area contributed by atoms with Crippen molar-refractivity contribution in [3.8, 4) is 0 Å². The maximum Gasteiger partial charge on any atom is 0.0188 e. The van der Waals surface area contributed by atoms with Gasteiger partial charge >= 0.3 is 0 Å². The number of nitrogens with zero attached hydrogens (tertiary/aromatic N) is 1. The predicted molar refractivity (Wildman–Crippen MR) is 77.9 cm³/mol. The molecule has 0 amide bonds. The molecule has 5 nitrogen and oxygen atoms in total. The van der Waals surface area contributed by atoms with Crippen LogP contribution >= 0.6 is 0 Å². The van der Waals surface area contributed by atoms with Crippen LogP contribution in [0.1, 0.15) is 13.8 Å². The molecule has 5 N–H and O–H groups in total. The van der Waals surface area contributed by atoms with E-state index in [9.17, 15) is 0 Å². The molecule has 1 unspecified atom stereocenters. The first-order chi connectivity index (χ1) is 8.70. The molecule has 0 bridgehead atoms. The molecule has 1 aliphatic rings. The van der Waals surface area contributed by atoms with Crippen molar-refractivity contribution in [2.24, 2.45) is 11.7 Å². The van der Waals surface area contributed by atoms with Gasteiger partial charge in [-0.25, -0.2) is 0 Å². The second-order valence-corrected chi connectivity index (χ2v) is 5.45. The van der Waals surface area contributed by atoms with Crippen molar-refractivity contribution < 1.29 is 0 Å². The number of nitrogens with two attached hydrogens (primary N) is 1. The summed E-state index contributed by atoms with van der Waals surface area (Å²) in [6, 6.07) is 0.269. The van der Waals surface area contributed by atoms with Gasteiger partial charge in [0, 0.05) is 64.9 Å². The van der Waals surface area contributed by atoms with Crippen LogP contribution in [0.5, 0.6) is 0 Å². The van der Waals surface area contributed by atoms with Crippen LogP contribution in [0.3, 0.4) is 0 Å². The van der Waals surface area contributed by atoms with Crippen LogP contribution < -0.4 is 21.7 Å². The van der Waals surface area contributed by atoms with Crippen molar-refractivity contribution >= 4 is 0 Å². The zero-order valence-electron chi connectivity index (χ0n) is 12.0. The largest absolute Gasteiger partial charge is 0.326 e. The van der Waals surface area contributed by atoms with E-state index in [-0.39, 0.29) is 6.04 Å². The van der Waals surface area contributed by atoms with E-state index in [4.69, 9.17) is 5.73 Å². The zero-order valence-corrected chi connectivity index (χ0v) is 12.0. The molecule has 0 aromatic rings. The Hall–Kier alpha value is -0.200. The van der Waals surface area contributed by atoms with Gasteiger partial charge in [0.05, 0.1) is 0 Å². The van der Waals surface area contributed by atoms with Crippen LogP contribution in [0.4, 0.5) is 0 Å². The van der Waals surface area contributed by atoms with Crippen molar-refractivity contribution in [2.75, 3.05) is 58.9 Å². The van der Waals surface area contributed by atoms with E-state index < -0.39 is 0 Å². The third-order valence-corrected chi connectivity index (χ3v) is 3.53. The van der Waals surface area contributed by atoms with Gasteiger partial charge in [0.2, 0.25) is 0 Å². The van der Waals surface area contributed by atoms with E-state index in [1.54, 1.807) is 0 Å². The monoisotopic (exact) mass is 257 g/mol. The highest BCUT2D eigenvalue weighted by molar-refractivity contribution is 4.70. The number of hydrogen-bond donors (Lipinski definition) is 4. The first-order valence-electron chi connectivity index (χ1n) is 7.30. The maximum atomic E-state index is 5.96. The minimum Gasteiger partial charge on any atom is -0.326 e. The highest BCUT2D eigenvalue weighted by atomic mass is 15.2. The third kappa shape index (κ3) is 7.28. The van der Waals surface area contributed by atoms with Gasteiger partial charge in [0.1, 0.15) is 0 Å². The van der Waals surface area contributed by atoms with E-state index in [1.807, 2.05) is 0 Å². The highest BCUT2D eigenvalue weighted by Gasteiger charge is 2.08. The Bertz CT molecular complexity index is 192. The molecule has 1 aliphatic heterocycles. The second-order valence-electron chi connectivity index (χ2n) is 5.45. The molecule has 1 rings (SSSR count). The first kappa shape index (κ1) is 15.9. The van der Waals surface area contributed by atoms with Gasteiger partial charge in [-0.2, -0.15) is 0 Å². The minimum absolute atomic E-state index is 0.269. The Morgan fingerprint density at radius 1 is 1.11 bits per heavy atom. The lowest BCUT2D eigenvalue weighted by molar-refractivity contribution is 0.241. The fourth-order valence-electron chi connectivity index (χ4n) is 1.98. The first-order valence-corrected chi connectivity index (χ1v) is 7.30. The van der Waals surface area contributed by atoms with Crippen LogP contribution in [0.15, 0.2) is 0 Å². The van der Waals surface area contributed by atoms with Crippen molar-refractivity contribution in [2.45, 2.75) is 19.9 Å². The van der Waals surface area contributed by atoms with Gasteiger partial charge in [-0.05, 0) is 5.92 Å². The maximum absolute atomic E-state index is 5.96. The van der Waals surface area contributed by atoms with E-state index in [1.165, 1.54) is 13.1 Å². The van der Waals surface area contributed by atoms with E-state index in [0.717, 1.165) is 45.8 Å². The lowest BCUT2D eigenvalue weighted by Crippen LogP contribution is -2.46. The van der Waals surface area contributed by atoms with Crippen molar-refractivity contribution in [1.29, 1.82) is 0 Å². The summed E-state index contributed by atoms with van der Waals surface area (Å²) in [6.45, 7) is 14.1. The summed E-state index contributed by atoms with van der Waals surface area (Å²) in [5.74, 6) is 0.554. The summed E-state index contributed by atoms with van der Waals surface area (Å²) < 4.78 is 0. The SMILES string of the molecule is CC(C)C(N)CNCCNCCN1CCNCC1. The molecule has 1 atom stereocenters. The van der Waals surface area contributed by atoms with Crippen LogP contribution in [-0.4, -0.2) is 69.8 Å². The molecule has 0 aromatic heterocycles. The Balaban J connectivity index is 1.83. The molecular weight excluding hydrogens is 226 g/mol. The quantitative estimate of drug-likeness (QED) is 0.401. The second kappa shape index (κ2) is 9.69. The molecule has 0 saturated carbocycles. The molecule has 18 heavy (non-hydrogen) atoms. The lowest BCUT2D eigenvalue weighted by Gasteiger charge is -2.27. The number of piperazine rings is 1. The smallest absolute Gasteiger partial charge is 0.0188 e. The topological polar surface area (TPSA) is 65.3 Å². The van der Waals surface area contributed by atoms with Crippen LogP contribution in [-0.2, 0) is 0 Å². The molecule has 5 heteroatoms. The average molecular weight is 257 g/mol. The normalized spacial score (nSPS) is 19.3. The van der Waals surface area contributed by atoms with Crippen molar-refractivity contribution in [3.63, 3.8) is 0 Å². The molecule has 0 aromatic carbocycles. The van der Waals surface area contributed by atoms with Gasteiger partial charge in [0.15, 0.2) is 0 Å². The van der Waals surface area contributed by atoms with Gasteiger partial charge in [-0.1, -0.05) is 13.8 Å². The molecule has 1 saturated heterocycles. The van der Waals surface area contributed by atoms with E-state index in [2.05, 4.69) is 34.7 Å². The fourth-order valence-corrected chi connectivity index (χ4v) is 1.98. The van der Waals surface area contributed by atoms with Crippen molar-refractivity contribution in [1.82, 2.24) is 20.9 Å². The fraction of sp³-hybridized carbons (Fsp3) is 1.00. The standard InChI is InChI=1S/C13H31N5/c1-12(2)13(14)11-17-4-3-15-5-8-18-9-6-16-7-10-18/h12-13,15-17H,3-11,14H2,1-2H3. The summed E-state index contributed by atoms with van der Waals surface area (Å²) in [4.78, 5) is 2.51. The van der Waals surface area contributed by atoms with Gasteiger partial charge in [-0.15, -0.1) is 0 Å².